The molecule has 3 heteroatoms. The fraction of sp³-hybridized carbons (Fsp3) is 0.538. The number of benzene rings is 1. The molecule has 0 aliphatic carbocycles. The average molecular weight is 223 g/mol. The minimum atomic E-state index is -0.848. The maximum Gasteiger partial charge on any atom is 0.123 e. The molecule has 1 aromatic carbocycles. The molecule has 3 atom stereocenters. The van der Waals surface area contributed by atoms with Gasteiger partial charge in [0.25, 0.3) is 0 Å². The van der Waals surface area contributed by atoms with E-state index in [1.165, 1.54) is 12.1 Å². The third-order valence-electron chi connectivity index (χ3n) is 3.71. The normalized spacial score (nSPS) is 35.0. The van der Waals surface area contributed by atoms with Crippen molar-refractivity contribution in [3.05, 3.63) is 35.6 Å². The van der Waals surface area contributed by atoms with Crippen LogP contribution in [0.15, 0.2) is 24.3 Å². The van der Waals surface area contributed by atoms with Crippen molar-refractivity contribution in [3.8, 4) is 0 Å². The number of nitrogens with one attached hydrogen (secondary N) is 1. The van der Waals surface area contributed by atoms with Gasteiger partial charge >= 0.3 is 0 Å². The van der Waals surface area contributed by atoms with Crippen LogP contribution in [0.25, 0.3) is 0 Å². The van der Waals surface area contributed by atoms with Crippen LogP contribution in [0.1, 0.15) is 19.4 Å². The maximum atomic E-state index is 12.9. The van der Waals surface area contributed by atoms with Gasteiger partial charge in [0.2, 0.25) is 0 Å². The predicted molar refractivity (Wildman–Crippen MR) is 61.5 cm³/mol. The van der Waals surface area contributed by atoms with Crippen LogP contribution in [0.3, 0.4) is 0 Å². The smallest absolute Gasteiger partial charge is 0.123 e. The summed E-state index contributed by atoms with van der Waals surface area (Å²) in [5, 5.41) is 14.1. The Kier molecular flexibility index (Phi) is 3.00. The summed E-state index contributed by atoms with van der Waals surface area (Å²) in [6.07, 6.45) is 0. The fourth-order valence-corrected chi connectivity index (χ4v) is 2.60. The van der Waals surface area contributed by atoms with Crippen LogP contribution >= 0.6 is 0 Å². The summed E-state index contributed by atoms with van der Waals surface area (Å²) in [4.78, 5) is 0. The van der Waals surface area contributed by atoms with Crippen molar-refractivity contribution in [2.45, 2.75) is 19.4 Å². The Bertz CT molecular complexity index is 353. The van der Waals surface area contributed by atoms with Crippen LogP contribution in [0.2, 0.25) is 0 Å². The standard InChI is InChI=1S/C13H18FNO/c1-9-7-15-8-10(2)13(9,16)11-3-5-12(14)6-4-11/h3-6,9-10,15-16H,7-8H2,1-2H3/t9-,10+,13?. The summed E-state index contributed by atoms with van der Waals surface area (Å²) >= 11 is 0. The fourth-order valence-electron chi connectivity index (χ4n) is 2.60. The van der Waals surface area contributed by atoms with Crippen LogP contribution in [0.4, 0.5) is 4.39 Å². The Labute approximate surface area is 95.5 Å². The van der Waals surface area contributed by atoms with Crippen LogP contribution in [0, 0.1) is 17.7 Å². The highest BCUT2D eigenvalue weighted by Gasteiger charge is 2.43. The van der Waals surface area contributed by atoms with E-state index >= 15 is 0 Å². The monoisotopic (exact) mass is 223 g/mol. The number of hydrogen-bond acceptors (Lipinski definition) is 2. The van der Waals surface area contributed by atoms with Gasteiger partial charge in [-0.15, -0.1) is 0 Å². The highest BCUT2D eigenvalue weighted by molar-refractivity contribution is 5.25. The van der Waals surface area contributed by atoms with Crippen molar-refractivity contribution in [2.24, 2.45) is 11.8 Å². The number of rotatable bonds is 1. The minimum Gasteiger partial charge on any atom is -0.385 e. The number of halogens is 1. The number of hydrogen-bond donors (Lipinski definition) is 2. The molecule has 1 heterocycles. The van der Waals surface area contributed by atoms with Gasteiger partial charge in [0.05, 0.1) is 5.60 Å². The molecule has 1 saturated heterocycles. The van der Waals surface area contributed by atoms with Crippen molar-refractivity contribution >= 4 is 0 Å². The van der Waals surface area contributed by atoms with Crippen molar-refractivity contribution in [1.29, 1.82) is 0 Å². The largest absolute Gasteiger partial charge is 0.385 e. The van der Waals surface area contributed by atoms with Crippen molar-refractivity contribution < 1.29 is 9.50 Å². The lowest BCUT2D eigenvalue weighted by atomic mass is 9.71. The molecule has 0 amide bonds. The summed E-state index contributed by atoms with van der Waals surface area (Å²) in [6, 6.07) is 6.20. The molecule has 88 valence electrons. The van der Waals surface area contributed by atoms with Gasteiger partial charge in [-0.3, -0.25) is 0 Å². The quantitative estimate of drug-likeness (QED) is 0.762. The Morgan fingerprint density at radius 3 is 2.19 bits per heavy atom. The first-order valence-electron chi connectivity index (χ1n) is 5.74. The van der Waals surface area contributed by atoms with E-state index in [1.54, 1.807) is 12.1 Å². The third-order valence-corrected chi connectivity index (χ3v) is 3.71. The molecular formula is C13H18FNO. The average Bonchev–Trinajstić information content (AvgIpc) is 2.27. The van der Waals surface area contributed by atoms with Crippen molar-refractivity contribution in [2.75, 3.05) is 13.1 Å². The van der Waals surface area contributed by atoms with Gasteiger partial charge in [0, 0.05) is 24.9 Å². The first-order chi connectivity index (χ1) is 7.55. The first-order valence-corrected chi connectivity index (χ1v) is 5.74. The molecule has 0 spiro atoms. The second kappa shape index (κ2) is 4.15. The van der Waals surface area contributed by atoms with E-state index in [0.29, 0.717) is 0 Å². The summed E-state index contributed by atoms with van der Waals surface area (Å²) < 4.78 is 12.9. The Morgan fingerprint density at radius 1 is 1.19 bits per heavy atom. The zero-order valence-corrected chi connectivity index (χ0v) is 9.70. The molecule has 0 aromatic heterocycles. The van der Waals surface area contributed by atoms with Crippen molar-refractivity contribution in [1.82, 2.24) is 5.32 Å². The zero-order chi connectivity index (χ0) is 11.8. The molecule has 2 nitrogen and oxygen atoms in total. The highest BCUT2D eigenvalue weighted by atomic mass is 19.1. The topological polar surface area (TPSA) is 32.3 Å². The lowest BCUT2D eigenvalue weighted by Gasteiger charge is -2.44. The zero-order valence-electron chi connectivity index (χ0n) is 9.70. The number of piperidine rings is 1. The maximum absolute atomic E-state index is 12.9. The lowest BCUT2D eigenvalue weighted by Crippen LogP contribution is -2.52. The van der Waals surface area contributed by atoms with Gasteiger partial charge in [-0.2, -0.15) is 0 Å². The molecule has 1 unspecified atom stereocenters. The van der Waals surface area contributed by atoms with E-state index in [2.05, 4.69) is 5.32 Å². The Balaban J connectivity index is 2.38. The molecule has 1 aliphatic rings. The van der Waals surface area contributed by atoms with Crippen LogP contribution in [-0.4, -0.2) is 18.2 Å². The van der Waals surface area contributed by atoms with E-state index in [4.69, 9.17) is 0 Å². The van der Waals surface area contributed by atoms with Crippen LogP contribution < -0.4 is 5.32 Å². The number of aliphatic hydroxyl groups is 1. The second-order valence-corrected chi connectivity index (χ2v) is 4.79. The summed E-state index contributed by atoms with van der Waals surface area (Å²) in [7, 11) is 0. The van der Waals surface area contributed by atoms with E-state index in [9.17, 15) is 9.50 Å². The first kappa shape index (κ1) is 11.6. The van der Waals surface area contributed by atoms with Crippen molar-refractivity contribution in [3.63, 3.8) is 0 Å². The summed E-state index contributed by atoms with van der Waals surface area (Å²) in [6.45, 7) is 5.62. The summed E-state index contributed by atoms with van der Waals surface area (Å²) in [5.74, 6) is -0.00925. The molecular weight excluding hydrogens is 205 g/mol. The molecule has 1 aliphatic heterocycles. The van der Waals surface area contributed by atoms with Crippen LogP contribution in [0.5, 0.6) is 0 Å². The van der Waals surface area contributed by atoms with Gasteiger partial charge < -0.3 is 10.4 Å². The van der Waals surface area contributed by atoms with Gasteiger partial charge in [-0.25, -0.2) is 4.39 Å². The molecule has 2 rings (SSSR count). The molecule has 1 aromatic rings. The van der Waals surface area contributed by atoms with Gasteiger partial charge in [0.15, 0.2) is 0 Å². The highest BCUT2D eigenvalue weighted by Crippen LogP contribution is 2.38. The third kappa shape index (κ3) is 1.74. The predicted octanol–water partition coefficient (Wildman–Crippen LogP) is 1.89. The van der Waals surface area contributed by atoms with Crippen LogP contribution in [-0.2, 0) is 5.60 Å². The molecule has 2 N–H and O–H groups in total. The summed E-state index contributed by atoms with van der Waals surface area (Å²) in [5.41, 5.74) is -0.0331. The van der Waals surface area contributed by atoms with Gasteiger partial charge in [-0.05, 0) is 17.7 Å². The van der Waals surface area contributed by atoms with Gasteiger partial charge in [-0.1, -0.05) is 26.0 Å². The van der Waals surface area contributed by atoms with E-state index < -0.39 is 5.60 Å². The van der Waals surface area contributed by atoms with Gasteiger partial charge in [0.1, 0.15) is 5.82 Å². The molecule has 0 radical (unpaired) electrons. The second-order valence-electron chi connectivity index (χ2n) is 4.79. The molecule has 0 bridgehead atoms. The Hall–Kier alpha value is -0.930. The molecule has 1 fully saturated rings. The lowest BCUT2D eigenvalue weighted by molar-refractivity contribution is -0.0807. The van der Waals surface area contributed by atoms with E-state index in [1.807, 2.05) is 13.8 Å². The van der Waals surface area contributed by atoms with E-state index in [-0.39, 0.29) is 17.7 Å². The SMILES string of the molecule is C[C@@H]1CNC[C@H](C)C1(O)c1ccc(F)cc1. The molecule has 0 saturated carbocycles. The molecule has 16 heavy (non-hydrogen) atoms. The minimum absolute atomic E-state index is 0.127. The Morgan fingerprint density at radius 2 is 1.69 bits per heavy atom. The van der Waals surface area contributed by atoms with E-state index in [0.717, 1.165) is 18.7 Å².